The Labute approximate surface area is 243 Å². The van der Waals surface area contributed by atoms with Crippen molar-refractivity contribution in [3.8, 4) is 0 Å². The van der Waals surface area contributed by atoms with Gasteiger partial charge in [0.2, 0.25) is 0 Å². The number of imidazole rings is 1. The second kappa shape index (κ2) is 10.5. The molecule has 0 amide bonds. The minimum atomic E-state index is 0. The number of hydrogen-bond donors (Lipinski definition) is 0. The smallest absolute Gasteiger partial charge is 0.0774 e. The summed E-state index contributed by atoms with van der Waals surface area (Å²) in [6.45, 7) is 13.8. The van der Waals surface area contributed by atoms with Crippen LogP contribution in [0.5, 0.6) is 0 Å². The first-order valence-electron chi connectivity index (χ1n) is 11.3. The molecule has 2 nitrogen and oxygen atoms in total. The fourth-order valence-corrected chi connectivity index (χ4v) is 4.82. The van der Waals surface area contributed by atoms with Crippen molar-refractivity contribution >= 4 is 38.4 Å². The Balaban J connectivity index is 0.00000136. The van der Waals surface area contributed by atoms with Crippen LogP contribution in [0.25, 0.3) is 38.4 Å². The molecule has 0 N–H and O–H groups in total. The van der Waals surface area contributed by atoms with Crippen molar-refractivity contribution in [2.45, 2.75) is 54.4 Å². The largest absolute Gasteiger partial charge is 0.358 e. The first-order chi connectivity index (χ1) is 14.6. The second-order valence-electron chi connectivity index (χ2n) is 11.4. The van der Waals surface area contributed by atoms with Crippen LogP contribution >= 0.6 is 0 Å². The van der Waals surface area contributed by atoms with Gasteiger partial charge in [0.05, 0.1) is 16.7 Å². The van der Waals surface area contributed by atoms with Gasteiger partial charge >= 0.3 is 0 Å². The molecule has 0 unspecified atom stereocenters. The van der Waals surface area contributed by atoms with Gasteiger partial charge in [-0.2, -0.15) is 0 Å². The molecule has 2 radical (unpaired) electrons. The Bertz CT molecular complexity index is 1450. The van der Waals surface area contributed by atoms with Gasteiger partial charge in [0.1, 0.15) is 0 Å². The Hall–Kier alpha value is -1.12. The molecule has 178 valence electrons. The van der Waals surface area contributed by atoms with Gasteiger partial charge in [0.25, 0.3) is 0 Å². The van der Waals surface area contributed by atoms with E-state index in [2.05, 4.69) is 101 Å². The number of hydrogen-bond acceptors (Lipinski definition) is 1. The molecule has 0 bridgehead atoms. The SMILES string of the molecule is CC(C)(C)Cc1ccc2c(c1)c1ccc[c-]c1c1nc3ccc(CC(C)(C)C)cc3n21.[CH3-].[Ir].[Y]. The summed E-state index contributed by atoms with van der Waals surface area (Å²) < 4.78 is 2.34. The van der Waals surface area contributed by atoms with Crippen molar-refractivity contribution in [3.63, 3.8) is 0 Å². The molecule has 4 heteroatoms. The zero-order valence-corrected chi connectivity index (χ0v) is 26.6. The Morgan fingerprint density at radius 3 is 2.06 bits per heavy atom. The van der Waals surface area contributed by atoms with Gasteiger partial charge < -0.3 is 11.8 Å². The number of pyridine rings is 1. The Morgan fingerprint density at radius 1 is 0.794 bits per heavy atom. The molecule has 2 aromatic heterocycles. The monoisotopic (exact) mass is 704 g/mol. The molecular weight excluding hydrogens is 669 g/mol. The second-order valence-corrected chi connectivity index (χ2v) is 11.4. The maximum atomic E-state index is 5.04. The number of aromatic nitrogens is 2. The predicted molar refractivity (Wildman–Crippen MR) is 139 cm³/mol. The van der Waals surface area contributed by atoms with E-state index in [1.165, 1.54) is 32.9 Å². The van der Waals surface area contributed by atoms with Crippen LogP contribution < -0.4 is 0 Å². The van der Waals surface area contributed by atoms with Crippen molar-refractivity contribution < 1.29 is 52.8 Å². The predicted octanol–water partition coefficient (Wildman–Crippen LogP) is 8.22. The van der Waals surface area contributed by atoms with Gasteiger partial charge in [0, 0.05) is 58.3 Å². The number of rotatable bonds is 2. The van der Waals surface area contributed by atoms with Crippen molar-refractivity contribution in [1.29, 1.82) is 0 Å². The van der Waals surface area contributed by atoms with E-state index in [4.69, 9.17) is 4.98 Å². The van der Waals surface area contributed by atoms with Gasteiger partial charge in [-0.05, 0) is 58.4 Å². The number of benzene rings is 3. The normalized spacial score (nSPS) is 11.9. The number of nitrogens with zero attached hydrogens (tertiary/aromatic N) is 2. The maximum Gasteiger partial charge on any atom is 0.0774 e. The summed E-state index contributed by atoms with van der Waals surface area (Å²) in [5, 5.41) is 3.60. The van der Waals surface area contributed by atoms with Crippen LogP contribution in [0.3, 0.4) is 0 Å². The summed E-state index contributed by atoms with van der Waals surface area (Å²) in [5.74, 6) is 0. The first kappa shape index (κ1) is 29.1. The fraction of sp³-hybridized carbons (Fsp3) is 0.333. The molecule has 34 heavy (non-hydrogen) atoms. The van der Waals surface area contributed by atoms with Gasteiger partial charge in [-0.15, -0.1) is 29.7 Å². The van der Waals surface area contributed by atoms with E-state index < -0.39 is 0 Å². The molecular formula is C30H34IrN2Y-2. The van der Waals surface area contributed by atoms with Crippen LogP contribution in [-0.2, 0) is 65.7 Å². The summed E-state index contributed by atoms with van der Waals surface area (Å²) in [5.41, 5.74) is 7.68. The molecule has 0 saturated heterocycles. The molecule has 5 rings (SSSR count). The Kier molecular flexibility index (Phi) is 8.97. The molecule has 0 aliphatic rings. The summed E-state index contributed by atoms with van der Waals surface area (Å²) in [7, 11) is 0. The van der Waals surface area contributed by atoms with E-state index in [1.807, 2.05) is 6.07 Å². The quantitative estimate of drug-likeness (QED) is 0.134. The molecule has 0 atom stereocenters. The molecule has 0 aliphatic carbocycles. The van der Waals surface area contributed by atoms with Crippen LogP contribution in [-0.4, -0.2) is 9.38 Å². The molecule has 0 fully saturated rings. The third-order valence-electron chi connectivity index (χ3n) is 5.86. The van der Waals surface area contributed by atoms with Gasteiger partial charge in [-0.1, -0.05) is 65.1 Å². The topological polar surface area (TPSA) is 17.3 Å². The summed E-state index contributed by atoms with van der Waals surface area (Å²) in [4.78, 5) is 5.04. The van der Waals surface area contributed by atoms with Crippen molar-refractivity contribution in [2.75, 3.05) is 0 Å². The van der Waals surface area contributed by atoms with Gasteiger partial charge in [0.15, 0.2) is 0 Å². The van der Waals surface area contributed by atoms with Crippen LogP contribution in [0.2, 0.25) is 0 Å². The zero-order chi connectivity index (χ0) is 22.0. The van der Waals surface area contributed by atoms with Crippen LogP contribution in [0.4, 0.5) is 0 Å². The third kappa shape index (κ3) is 5.65. The minimum Gasteiger partial charge on any atom is -0.358 e. The molecule has 2 heterocycles. The van der Waals surface area contributed by atoms with E-state index >= 15 is 0 Å². The van der Waals surface area contributed by atoms with Gasteiger partial charge in [-0.3, -0.25) is 4.98 Å². The summed E-state index contributed by atoms with van der Waals surface area (Å²) in [6, 6.07) is 23.5. The maximum absolute atomic E-state index is 5.04. The van der Waals surface area contributed by atoms with Crippen LogP contribution in [0, 0.1) is 24.3 Å². The van der Waals surface area contributed by atoms with Crippen LogP contribution in [0.1, 0.15) is 52.7 Å². The third-order valence-corrected chi connectivity index (χ3v) is 5.86. The average Bonchev–Trinajstić information content (AvgIpc) is 3.05. The van der Waals surface area contributed by atoms with E-state index in [1.54, 1.807) is 0 Å². The van der Waals surface area contributed by atoms with E-state index in [9.17, 15) is 0 Å². The Morgan fingerprint density at radius 2 is 1.41 bits per heavy atom. The average molecular weight is 704 g/mol. The van der Waals surface area contributed by atoms with Gasteiger partial charge in [-0.25, -0.2) is 0 Å². The van der Waals surface area contributed by atoms with E-state index in [-0.39, 0.29) is 71.1 Å². The molecule has 3 aromatic carbocycles. The standard InChI is InChI=1S/C29H31N2.CH3.Ir.Y/c1-28(2,3)17-19-12-14-25-23(15-19)21-9-7-8-10-22(21)27-30-24-13-11-20(18-29(4,5)6)16-26(24)31(25)27;;;/h7-9,11-16H,17-18H2,1-6H3;1H3;;/q2*-1;;. The number of fused-ring (bicyclic) bond motifs is 8. The van der Waals surface area contributed by atoms with E-state index in [0.717, 1.165) is 29.4 Å². The molecule has 0 saturated carbocycles. The van der Waals surface area contributed by atoms with Crippen LogP contribution in [0.15, 0.2) is 54.6 Å². The van der Waals surface area contributed by atoms with Crippen molar-refractivity contribution in [3.05, 3.63) is 79.2 Å². The van der Waals surface area contributed by atoms with Crippen molar-refractivity contribution in [1.82, 2.24) is 9.38 Å². The van der Waals surface area contributed by atoms with Crippen molar-refractivity contribution in [2.24, 2.45) is 10.8 Å². The molecule has 0 aliphatic heterocycles. The summed E-state index contributed by atoms with van der Waals surface area (Å²) >= 11 is 0. The first-order valence-corrected chi connectivity index (χ1v) is 11.3. The zero-order valence-electron chi connectivity index (χ0n) is 21.4. The molecule has 5 aromatic rings. The summed E-state index contributed by atoms with van der Waals surface area (Å²) in [6.07, 6.45) is 2.10. The minimum absolute atomic E-state index is 0. The van der Waals surface area contributed by atoms with E-state index in [0.29, 0.717) is 0 Å². The fourth-order valence-electron chi connectivity index (χ4n) is 4.82. The molecule has 0 spiro atoms.